The summed E-state index contributed by atoms with van der Waals surface area (Å²) in [4.78, 5) is 64.2. The molecule has 35 heavy (non-hydrogen) atoms. The maximum Gasteiger partial charge on any atom is 0.235 e. The van der Waals surface area contributed by atoms with Gasteiger partial charge in [-0.15, -0.1) is 0 Å². The van der Waals surface area contributed by atoms with Crippen molar-refractivity contribution in [3.8, 4) is 16.9 Å². The van der Waals surface area contributed by atoms with E-state index in [1.54, 1.807) is 30.3 Å². The highest BCUT2D eigenvalue weighted by Crippen LogP contribution is 2.51. The highest BCUT2D eigenvalue weighted by Gasteiger charge is 2.66. The topological polar surface area (TPSA) is 172 Å². The van der Waals surface area contributed by atoms with Crippen molar-refractivity contribution in [1.29, 1.82) is 0 Å². The van der Waals surface area contributed by atoms with Gasteiger partial charge in [0.05, 0.1) is 18.1 Å². The van der Waals surface area contributed by atoms with Crippen LogP contribution in [0.3, 0.4) is 0 Å². The van der Waals surface area contributed by atoms with E-state index in [-0.39, 0.29) is 37.2 Å². The number of rotatable bonds is 3. The Balaban J connectivity index is 1.60. The molecule has 0 saturated heterocycles. The molecule has 2 fully saturated rings. The zero-order valence-electron chi connectivity index (χ0n) is 18.6. The third-order valence-electron chi connectivity index (χ3n) is 7.73. The maximum atomic E-state index is 13.6. The Bertz CT molecular complexity index is 1310. The van der Waals surface area contributed by atoms with E-state index < -0.39 is 58.3 Å². The van der Waals surface area contributed by atoms with Gasteiger partial charge in [0, 0.05) is 12.3 Å². The highest BCUT2D eigenvalue weighted by atomic mass is 16.3. The number of Topliss-reactive ketones (excluding diaryl/α,β-unsaturated/α-hetero) is 4. The lowest BCUT2D eigenvalue weighted by Crippen LogP contribution is -2.68. The molecule has 3 aliphatic rings. The van der Waals surface area contributed by atoms with Crippen molar-refractivity contribution in [3.63, 3.8) is 0 Å². The third kappa shape index (κ3) is 3.19. The van der Waals surface area contributed by atoms with E-state index in [1.165, 1.54) is 6.07 Å². The standard InChI is InChI=1S/C26H23NO8/c27-25(34)21-18(30)9-14-7-13-8-16-15(12-3-1-11(10-28)2-4-12)5-6-17(29)20(16)22(31)19(13)23(32)26(14,35)24(21)33/h1-6,13-14,19,21,28-29,35H,7-10H2,(H2,27,34)/t13-,14+,19?,21?,26+/m1/s1. The van der Waals surface area contributed by atoms with Gasteiger partial charge in [0.2, 0.25) is 5.91 Å². The van der Waals surface area contributed by atoms with Crippen LogP contribution in [0.25, 0.3) is 11.1 Å². The van der Waals surface area contributed by atoms with Gasteiger partial charge in [0.1, 0.15) is 5.75 Å². The number of phenols is 1. The van der Waals surface area contributed by atoms with Crippen LogP contribution in [0, 0.1) is 23.7 Å². The van der Waals surface area contributed by atoms with Gasteiger partial charge in [-0.1, -0.05) is 30.3 Å². The summed E-state index contributed by atoms with van der Waals surface area (Å²) in [6, 6.07) is 10.1. The third-order valence-corrected chi connectivity index (χ3v) is 7.73. The molecule has 5 atom stereocenters. The van der Waals surface area contributed by atoms with Gasteiger partial charge in [0.25, 0.3) is 0 Å². The molecule has 0 bridgehead atoms. The number of carbonyl (C=O) groups is 5. The molecule has 0 spiro atoms. The zero-order chi connectivity index (χ0) is 25.2. The average molecular weight is 477 g/mol. The molecule has 0 radical (unpaired) electrons. The number of aliphatic hydroxyl groups is 2. The quantitative estimate of drug-likeness (QED) is 0.462. The number of primary amides is 1. The number of nitrogens with two attached hydrogens (primary N) is 1. The molecule has 5 rings (SSSR count). The van der Waals surface area contributed by atoms with Crippen molar-refractivity contribution >= 4 is 29.0 Å². The lowest BCUT2D eigenvalue weighted by atomic mass is 9.53. The van der Waals surface area contributed by atoms with E-state index >= 15 is 0 Å². The van der Waals surface area contributed by atoms with Gasteiger partial charge in [-0.2, -0.15) is 0 Å². The number of aromatic hydroxyl groups is 1. The lowest BCUT2D eigenvalue weighted by molar-refractivity contribution is -0.175. The maximum absolute atomic E-state index is 13.6. The number of hydrogen-bond donors (Lipinski definition) is 4. The van der Waals surface area contributed by atoms with Crippen molar-refractivity contribution in [1.82, 2.24) is 0 Å². The Morgan fingerprint density at radius 1 is 1.00 bits per heavy atom. The van der Waals surface area contributed by atoms with Crippen LogP contribution in [0.4, 0.5) is 0 Å². The summed E-state index contributed by atoms with van der Waals surface area (Å²) in [6.07, 6.45) is -0.127. The molecule has 0 heterocycles. The molecule has 3 aliphatic carbocycles. The second-order valence-corrected chi connectivity index (χ2v) is 9.58. The first kappa shape index (κ1) is 23.1. The number of phenolic OH excluding ortho intramolecular Hbond substituents is 1. The fraction of sp³-hybridized carbons (Fsp3) is 0.346. The van der Waals surface area contributed by atoms with E-state index in [0.717, 1.165) is 5.56 Å². The van der Waals surface area contributed by atoms with Gasteiger partial charge in [-0.25, -0.2) is 0 Å². The van der Waals surface area contributed by atoms with Crippen LogP contribution < -0.4 is 5.73 Å². The monoisotopic (exact) mass is 477 g/mol. The largest absolute Gasteiger partial charge is 0.507 e. The Morgan fingerprint density at radius 2 is 1.69 bits per heavy atom. The first-order valence-corrected chi connectivity index (χ1v) is 11.3. The molecular formula is C26H23NO8. The number of benzene rings is 2. The fourth-order valence-electron chi connectivity index (χ4n) is 6.03. The first-order chi connectivity index (χ1) is 16.6. The van der Waals surface area contributed by atoms with Crippen molar-refractivity contribution in [2.45, 2.75) is 31.5 Å². The molecule has 9 nitrogen and oxygen atoms in total. The van der Waals surface area contributed by atoms with Crippen LogP contribution in [0.15, 0.2) is 36.4 Å². The van der Waals surface area contributed by atoms with Crippen molar-refractivity contribution < 1.29 is 39.3 Å². The summed E-state index contributed by atoms with van der Waals surface area (Å²) in [5.41, 5.74) is 5.15. The fourth-order valence-corrected chi connectivity index (χ4v) is 6.03. The number of aliphatic hydroxyl groups excluding tert-OH is 1. The highest BCUT2D eigenvalue weighted by molar-refractivity contribution is 6.31. The molecule has 2 unspecified atom stereocenters. The Morgan fingerprint density at radius 3 is 2.31 bits per heavy atom. The molecule has 180 valence electrons. The number of hydrogen-bond acceptors (Lipinski definition) is 8. The van der Waals surface area contributed by atoms with Crippen LogP contribution in [0.2, 0.25) is 0 Å². The summed E-state index contributed by atoms with van der Waals surface area (Å²) >= 11 is 0. The van der Waals surface area contributed by atoms with Gasteiger partial charge in [-0.05, 0) is 47.1 Å². The Hall–Kier alpha value is -3.69. The van der Waals surface area contributed by atoms with Crippen molar-refractivity contribution in [2.24, 2.45) is 29.4 Å². The molecule has 0 aliphatic heterocycles. The minimum absolute atomic E-state index is 0.0413. The molecule has 5 N–H and O–H groups in total. The number of fused-ring (bicyclic) bond motifs is 3. The van der Waals surface area contributed by atoms with Crippen LogP contribution >= 0.6 is 0 Å². The molecular weight excluding hydrogens is 454 g/mol. The summed E-state index contributed by atoms with van der Waals surface area (Å²) in [7, 11) is 0. The van der Waals surface area contributed by atoms with E-state index in [0.29, 0.717) is 16.7 Å². The predicted molar refractivity (Wildman–Crippen MR) is 120 cm³/mol. The van der Waals surface area contributed by atoms with Crippen molar-refractivity contribution in [2.75, 3.05) is 0 Å². The SMILES string of the molecule is NC(=O)C1C(=O)C[C@@H]2C[C@@H]3Cc4c(-c5ccc(CO)cc5)ccc(O)c4C(=O)C3C(=O)[C@]2(O)C1=O. The Labute approximate surface area is 199 Å². The summed E-state index contributed by atoms with van der Waals surface area (Å²) in [6.45, 7) is -0.128. The van der Waals surface area contributed by atoms with E-state index in [4.69, 9.17) is 5.73 Å². The summed E-state index contributed by atoms with van der Waals surface area (Å²) in [5.74, 6) is -10.3. The van der Waals surface area contributed by atoms with Crippen molar-refractivity contribution in [3.05, 3.63) is 53.1 Å². The van der Waals surface area contributed by atoms with Gasteiger partial charge >= 0.3 is 0 Å². The number of carbonyl (C=O) groups excluding carboxylic acids is 5. The predicted octanol–water partition coefficient (Wildman–Crippen LogP) is 0.486. The van der Waals surface area contributed by atoms with Crippen LogP contribution in [-0.2, 0) is 32.2 Å². The van der Waals surface area contributed by atoms with Gasteiger partial charge in [0.15, 0.2) is 34.7 Å². The van der Waals surface area contributed by atoms with Crippen LogP contribution in [-0.4, -0.2) is 50.0 Å². The van der Waals surface area contributed by atoms with E-state index in [9.17, 15) is 39.3 Å². The number of amides is 1. The Kier molecular flexibility index (Phi) is 5.23. The molecule has 0 aromatic heterocycles. The molecule has 2 aromatic rings. The minimum atomic E-state index is -2.66. The average Bonchev–Trinajstić information content (AvgIpc) is 2.81. The van der Waals surface area contributed by atoms with E-state index in [1.807, 2.05) is 0 Å². The smallest absolute Gasteiger partial charge is 0.235 e. The van der Waals surface area contributed by atoms with Gasteiger partial charge < -0.3 is 21.1 Å². The molecule has 2 aromatic carbocycles. The lowest BCUT2D eigenvalue weighted by Gasteiger charge is -2.48. The number of ketones is 4. The minimum Gasteiger partial charge on any atom is -0.507 e. The first-order valence-electron chi connectivity index (χ1n) is 11.3. The van der Waals surface area contributed by atoms with Gasteiger partial charge in [-0.3, -0.25) is 24.0 Å². The normalized spacial score (nSPS) is 29.9. The second kappa shape index (κ2) is 7.93. The molecule has 1 amide bonds. The zero-order valence-corrected chi connectivity index (χ0v) is 18.6. The molecule has 2 saturated carbocycles. The summed E-state index contributed by atoms with van der Waals surface area (Å²) in [5, 5.41) is 31.1. The van der Waals surface area contributed by atoms with Crippen LogP contribution in [0.1, 0.15) is 34.3 Å². The summed E-state index contributed by atoms with van der Waals surface area (Å²) < 4.78 is 0. The van der Waals surface area contributed by atoms with Crippen LogP contribution in [0.5, 0.6) is 5.75 Å². The molecule has 9 heteroatoms. The second-order valence-electron chi connectivity index (χ2n) is 9.58. The van der Waals surface area contributed by atoms with E-state index in [2.05, 4.69) is 0 Å².